The average Bonchev–Trinajstić information content (AvgIpc) is 2.86. The molecular weight excluding hydrogens is 493 g/mol. The maximum absolute atomic E-state index is 13.7. The van der Waals surface area contributed by atoms with Crippen molar-refractivity contribution in [2.75, 3.05) is 6.16 Å². The second-order valence-electron chi connectivity index (χ2n) is 8.38. The molecule has 1 aliphatic rings. The zero-order valence-electron chi connectivity index (χ0n) is 19.3. The highest BCUT2D eigenvalue weighted by molar-refractivity contribution is 8.09. The lowest BCUT2D eigenvalue weighted by molar-refractivity contribution is 0.371. The number of hydrogen-bond donors (Lipinski definition) is 2. The van der Waals surface area contributed by atoms with Crippen LogP contribution in [0.5, 0.6) is 0 Å². The summed E-state index contributed by atoms with van der Waals surface area (Å²) in [6.45, 7) is 0. The van der Waals surface area contributed by atoms with E-state index >= 15 is 0 Å². The Labute approximate surface area is 210 Å². The van der Waals surface area contributed by atoms with E-state index in [9.17, 15) is 18.2 Å². The molecule has 0 bridgehead atoms. The van der Waals surface area contributed by atoms with Gasteiger partial charge in [-0.05, 0) is 52.8 Å². The second kappa shape index (κ2) is 10.6. The van der Waals surface area contributed by atoms with Crippen LogP contribution in [0.3, 0.4) is 0 Å². The highest BCUT2D eigenvalue weighted by Gasteiger charge is 2.30. The van der Waals surface area contributed by atoms with Gasteiger partial charge in [-0.2, -0.15) is 5.26 Å². The lowest BCUT2D eigenvalue weighted by Crippen LogP contribution is -2.11. The van der Waals surface area contributed by atoms with Gasteiger partial charge in [-0.25, -0.2) is 8.42 Å². The zero-order valence-corrected chi connectivity index (χ0v) is 21.0. The van der Waals surface area contributed by atoms with E-state index < -0.39 is 17.4 Å². The Hall–Kier alpha value is -3.53. The van der Waals surface area contributed by atoms with Gasteiger partial charge in [0.05, 0.1) is 21.5 Å². The van der Waals surface area contributed by atoms with Crippen molar-refractivity contribution in [3.8, 4) is 6.07 Å². The van der Waals surface area contributed by atoms with Crippen LogP contribution in [0.4, 0.5) is 0 Å². The standard InChI is InChI=1S/C28H24NO5PS/c29-20-26(22-9-3-1-4-10-22)25-18-27(23-11-5-2-6-12-23)36(33,34)28(19-25)24-15-13-21(14-16-24)8-7-17-35(30,31)32/h1-6,9-16,18-19H,7-8,17H2,(H2,30,31,32)/b26-25+. The van der Waals surface area contributed by atoms with E-state index in [2.05, 4.69) is 6.07 Å². The quantitative estimate of drug-likeness (QED) is 0.312. The largest absolute Gasteiger partial charge is 0.325 e. The van der Waals surface area contributed by atoms with E-state index in [1.165, 1.54) is 6.08 Å². The fourth-order valence-electron chi connectivity index (χ4n) is 4.05. The summed E-state index contributed by atoms with van der Waals surface area (Å²) in [5, 5.41) is 9.98. The molecule has 3 aromatic carbocycles. The fraction of sp³-hybridized carbons (Fsp3) is 0.107. The Morgan fingerprint density at radius 3 is 1.86 bits per heavy atom. The van der Waals surface area contributed by atoms with Crippen LogP contribution in [0.1, 0.15) is 28.7 Å². The van der Waals surface area contributed by atoms with Crippen LogP contribution in [0, 0.1) is 11.3 Å². The molecule has 0 spiro atoms. The van der Waals surface area contributed by atoms with E-state index in [-0.39, 0.29) is 16.0 Å². The van der Waals surface area contributed by atoms with Crippen molar-refractivity contribution in [3.05, 3.63) is 125 Å². The van der Waals surface area contributed by atoms with Gasteiger partial charge in [0, 0.05) is 0 Å². The number of aryl methyl sites for hydroxylation is 1. The van der Waals surface area contributed by atoms with Gasteiger partial charge < -0.3 is 9.79 Å². The van der Waals surface area contributed by atoms with Crippen molar-refractivity contribution in [2.24, 2.45) is 0 Å². The molecule has 0 saturated carbocycles. The van der Waals surface area contributed by atoms with Crippen molar-refractivity contribution in [1.82, 2.24) is 0 Å². The minimum absolute atomic E-state index is 0.0873. The molecule has 0 aliphatic carbocycles. The molecule has 0 saturated heterocycles. The molecule has 36 heavy (non-hydrogen) atoms. The summed E-state index contributed by atoms with van der Waals surface area (Å²) in [6.07, 6.45) is 3.67. The normalized spacial score (nSPS) is 16.5. The Bertz CT molecular complexity index is 1540. The van der Waals surface area contributed by atoms with Crippen molar-refractivity contribution in [2.45, 2.75) is 12.8 Å². The molecule has 0 aromatic heterocycles. The summed E-state index contributed by atoms with van der Waals surface area (Å²) in [4.78, 5) is 18.3. The molecule has 3 aromatic rings. The molecule has 0 radical (unpaired) electrons. The van der Waals surface area contributed by atoms with E-state index in [1.54, 1.807) is 54.6 Å². The molecule has 182 valence electrons. The number of benzene rings is 3. The highest BCUT2D eigenvalue weighted by atomic mass is 32.2. The van der Waals surface area contributed by atoms with E-state index in [0.29, 0.717) is 40.7 Å². The van der Waals surface area contributed by atoms with Crippen molar-refractivity contribution in [1.29, 1.82) is 5.26 Å². The molecule has 0 unspecified atom stereocenters. The molecule has 0 amide bonds. The molecule has 1 aliphatic heterocycles. The zero-order chi connectivity index (χ0) is 25.8. The van der Waals surface area contributed by atoms with Crippen LogP contribution < -0.4 is 0 Å². The Kier molecular flexibility index (Phi) is 7.53. The molecule has 1 heterocycles. The first-order valence-corrected chi connectivity index (χ1v) is 14.5. The van der Waals surface area contributed by atoms with Crippen LogP contribution >= 0.6 is 7.60 Å². The van der Waals surface area contributed by atoms with Crippen molar-refractivity contribution in [3.63, 3.8) is 0 Å². The fourth-order valence-corrected chi connectivity index (χ4v) is 6.31. The monoisotopic (exact) mass is 517 g/mol. The van der Waals surface area contributed by atoms with E-state index in [0.717, 1.165) is 5.56 Å². The first-order valence-electron chi connectivity index (χ1n) is 11.3. The number of sulfone groups is 1. The maximum atomic E-state index is 13.7. The number of nitrogens with zero attached hydrogens (tertiary/aromatic N) is 1. The van der Waals surface area contributed by atoms with Crippen LogP contribution in [-0.2, 0) is 20.8 Å². The van der Waals surface area contributed by atoms with Gasteiger partial charge in [0.2, 0.25) is 9.84 Å². The first-order chi connectivity index (χ1) is 17.2. The molecule has 0 fully saturated rings. The summed E-state index contributed by atoms with van der Waals surface area (Å²) >= 11 is 0. The summed E-state index contributed by atoms with van der Waals surface area (Å²) < 4.78 is 38.6. The molecule has 2 N–H and O–H groups in total. The van der Waals surface area contributed by atoms with E-state index in [4.69, 9.17) is 9.79 Å². The summed E-state index contributed by atoms with van der Waals surface area (Å²) in [5.41, 5.74) is 3.40. The molecular formula is C28H24NO5PS. The number of hydrogen-bond acceptors (Lipinski definition) is 4. The molecule has 6 nitrogen and oxygen atoms in total. The second-order valence-corrected chi connectivity index (χ2v) is 12.0. The average molecular weight is 518 g/mol. The van der Waals surface area contributed by atoms with Crippen LogP contribution in [0.25, 0.3) is 15.4 Å². The van der Waals surface area contributed by atoms with Crippen LogP contribution in [-0.4, -0.2) is 24.4 Å². The molecule has 0 atom stereocenters. The summed E-state index contributed by atoms with van der Waals surface area (Å²) in [6, 6.07) is 27.0. The Morgan fingerprint density at radius 2 is 1.33 bits per heavy atom. The number of nitriles is 1. The SMILES string of the molecule is N#C/C(=C1/C=C(c2ccccc2)S(=O)(=O)C(c2ccc(CCCP(=O)(O)O)cc2)=C1)c1ccccc1. The van der Waals surface area contributed by atoms with Gasteiger partial charge in [-0.1, -0.05) is 84.9 Å². The van der Waals surface area contributed by atoms with Crippen molar-refractivity contribution >= 4 is 32.8 Å². The Morgan fingerprint density at radius 1 is 0.806 bits per heavy atom. The lowest BCUT2D eigenvalue weighted by Gasteiger charge is -2.19. The number of rotatable bonds is 7. The topological polar surface area (TPSA) is 115 Å². The van der Waals surface area contributed by atoms with E-state index in [1.807, 2.05) is 36.4 Å². The smallest absolute Gasteiger partial charge is 0.324 e. The predicted octanol–water partition coefficient (Wildman–Crippen LogP) is 5.58. The van der Waals surface area contributed by atoms with Crippen LogP contribution in [0.2, 0.25) is 0 Å². The van der Waals surface area contributed by atoms with Crippen molar-refractivity contribution < 1.29 is 22.8 Å². The Balaban J connectivity index is 1.81. The first kappa shape index (κ1) is 25.6. The van der Waals surface area contributed by atoms with Crippen LogP contribution in [0.15, 0.2) is 103 Å². The van der Waals surface area contributed by atoms with Gasteiger partial charge in [0.15, 0.2) is 0 Å². The third-order valence-corrected chi connectivity index (χ3v) is 8.59. The van der Waals surface area contributed by atoms with Gasteiger partial charge in [-0.15, -0.1) is 0 Å². The summed E-state index contributed by atoms with van der Waals surface area (Å²) in [5.74, 6) is 0. The van der Waals surface area contributed by atoms with Gasteiger partial charge in [0.1, 0.15) is 6.07 Å². The highest BCUT2D eigenvalue weighted by Crippen LogP contribution is 2.40. The number of allylic oxidation sites excluding steroid dienone is 4. The summed E-state index contributed by atoms with van der Waals surface area (Å²) in [7, 11) is -7.96. The predicted molar refractivity (Wildman–Crippen MR) is 142 cm³/mol. The third-order valence-electron chi connectivity index (χ3n) is 5.83. The van der Waals surface area contributed by atoms with Gasteiger partial charge >= 0.3 is 7.60 Å². The van der Waals surface area contributed by atoms with Gasteiger partial charge in [0.25, 0.3) is 0 Å². The third kappa shape index (κ3) is 5.81. The maximum Gasteiger partial charge on any atom is 0.325 e. The molecule has 4 rings (SSSR count). The minimum atomic E-state index is -4.06. The lowest BCUT2D eigenvalue weighted by atomic mass is 9.98. The minimum Gasteiger partial charge on any atom is -0.324 e. The molecule has 8 heteroatoms. The van der Waals surface area contributed by atoms with Gasteiger partial charge in [-0.3, -0.25) is 4.57 Å².